The second-order valence-corrected chi connectivity index (χ2v) is 4.40. The molecular weight excluding hydrogens is 242 g/mol. The SMILES string of the molecule is Cc1ccc(C(=O)NCCCn2cccn2)c(O)c1. The van der Waals surface area contributed by atoms with Gasteiger partial charge in [0.25, 0.3) is 5.91 Å². The average Bonchev–Trinajstić information content (AvgIpc) is 2.87. The Morgan fingerprint density at radius 3 is 3.00 bits per heavy atom. The van der Waals surface area contributed by atoms with Gasteiger partial charge in [0.1, 0.15) is 5.75 Å². The van der Waals surface area contributed by atoms with Crippen molar-refractivity contribution in [1.29, 1.82) is 0 Å². The van der Waals surface area contributed by atoms with Crippen molar-refractivity contribution in [2.75, 3.05) is 6.54 Å². The summed E-state index contributed by atoms with van der Waals surface area (Å²) < 4.78 is 1.81. The van der Waals surface area contributed by atoms with Gasteiger partial charge in [0, 0.05) is 25.5 Å². The lowest BCUT2D eigenvalue weighted by atomic mass is 10.1. The van der Waals surface area contributed by atoms with Gasteiger partial charge in [-0.2, -0.15) is 5.10 Å². The van der Waals surface area contributed by atoms with Crippen molar-refractivity contribution >= 4 is 5.91 Å². The molecule has 0 bridgehead atoms. The van der Waals surface area contributed by atoms with Gasteiger partial charge in [-0.25, -0.2) is 0 Å². The van der Waals surface area contributed by atoms with Crippen LogP contribution < -0.4 is 5.32 Å². The summed E-state index contributed by atoms with van der Waals surface area (Å²) in [5, 5.41) is 16.6. The summed E-state index contributed by atoms with van der Waals surface area (Å²) in [5.41, 5.74) is 1.23. The van der Waals surface area contributed by atoms with E-state index in [9.17, 15) is 9.90 Å². The van der Waals surface area contributed by atoms with E-state index >= 15 is 0 Å². The Morgan fingerprint density at radius 2 is 2.32 bits per heavy atom. The lowest BCUT2D eigenvalue weighted by molar-refractivity contribution is 0.0950. The number of nitrogens with one attached hydrogen (secondary N) is 1. The summed E-state index contributed by atoms with van der Waals surface area (Å²) in [7, 11) is 0. The normalized spacial score (nSPS) is 10.4. The van der Waals surface area contributed by atoms with Gasteiger partial charge >= 0.3 is 0 Å². The number of carbonyl (C=O) groups excluding carboxylic acids is 1. The van der Waals surface area contributed by atoms with Crippen molar-refractivity contribution < 1.29 is 9.90 Å². The Balaban J connectivity index is 1.81. The van der Waals surface area contributed by atoms with E-state index in [1.807, 2.05) is 23.9 Å². The number of aryl methyl sites for hydroxylation is 2. The minimum absolute atomic E-state index is 0.0181. The first-order valence-corrected chi connectivity index (χ1v) is 6.22. The van der Waals surface area contributed by atoms with E-state index in [1.165, 1.54) is 0 Å². The van der Waals surface area contributed by atoms with Crippen LogP contribution in [-0.2, 0) is 6.54 Å². The second-order valence-electron chi connectivity index (χ2n) is 4.40. The third-order valence-electron chi connectivity index (χ3n) is 2.81. The van der Waals surface area contributed by atoms with Gasteiger partial charge in [-0.3, -0.25) is 9.48 Å². The van der Waals surface area contributed by atoms with Crippen molar-refractivity contribution in [3.05, 3.63) is 47.8 Å². The quantitative estimate of drug-likeness (QED) is 0.803. The van der Waals surface area contributed by atoms with Crippen molar-refractivity contribution in [3.63, 3.8) is 0 Å². The predicted molar refractivity (Wildman–Crippen MR) is 72.0 cm³/mol. The molecule has 0 fully saturated rings. The molecule has 1 aromatic carbocycles. The number of nitrogens with zero attached hydrogens (tertiary/aromatic N) is 2. The van der Waals surface area contributed by atoms with Crippen LogP contribution in [0, 0.1) is 6.92 Å². The van der Waals surface area contributed by atoms with Gasteiger partial charge in [-0.1, -0.05) is 6.07 Å². The number of hydrogen-bond donors (Lipinski definition) is 2. The molecule has 2 aromatic rings. The van der Waals surface area contributed by atoms with Gasteiger partial charge in [-0.05, 0) is 37.1 Å². The first kappa shape index (κ1) is 13.1. The molecule has 1 amide bonds. The van der Waals surface area contributed by atoms with Gasteiger partial charge in [-0.15, -0.1) is 0 Å². The van der Waals surface area contributed by atoms with Crippen molar-refractivity contribution in [1.82, 2.24) is 15.1 Å². The molecule has 5 heteroatoms. The Morgan fingerprint density at radius 1 is 1.47 bits per heavy atom. The Labute approximate surface area is 111 Å². The highest BCUT2D eigenvalue weighted by molar-refractivity contribution is 5.96. The topological polar surface area (TPSA) is 67.2 Å². The Hall–Kier alpha value is -2.30. The number of phenolic OH excluding ortho intramolecular Hbond substituents is 1. The Bertz CT molecular complexity index is 550. The maximum Gasteiger partial charge on any atom is 0.255 e. The molecule has 19 heavy (non-hydrogen) atoms. The van der Waals surface area contributed by atoms with E-state index in [2.05, 4.69) is 10.4 Å². The van der Waals surface area contributed by atoms with Crippen LogP contribution in [0.1, 0.15) is 22.3 Å². The highest BCUT2D eigenvalue weighted by Gasteiger charge is 2.09. The fraction of sp³-hybridized carbons (Fsp3) is 0.286. The van der Waals surface area contributed by atoms with Crippen LogP contribution in [0.5, 0.6) is 5.75 Å². The summed E-state index contributed by atoms with van der Waals surface area (Å²) in [5.74, 6) is -0.234. The number of hydrogen-bond acceptors (Lipinski definition) is 3. The maximum absolute atomic E-state index is 11.8. The van der Waals surface area contributed by atoms with E-state index in [4.69, 9.17) is 0 Å². The highest BCUT2D eigenvalue weighted by Crippen LogP contribution is 2.17. The average molecular weight is 259 g/mol. The molecule has 0 spiro atoms. The van der Waals surface area contributed by atoms with Gasteiger partial charge in [0.15, 0.2) is 0 Å². The van der Waals surface area contributed by atoms with E-state index in [0.29, 0.717) is 12.1 Å². The number of aromatic hydroxyl groups is 1. The summed E-state index contributed by atoms with van der Waals surface area (Å²) in [6.45, 7) is 3.17. The molecule has 2 N–H and O–H groups in total. The van der Waals surface area contributed by atoms with Crippen LogP contribution >= 0.6 is 0 Å². The zero-order chi connectivity index (χ0) is 13.7. The van der Waals surface area contributed by atoms with Gasteiger partial charge in [0.2, 0.25) is 0 Å². The molecule has 0 atom stereocenters. The summed E-state index contributed by atoms with van der Waals surface area (Å²) in [6.07, 6.45) is 4.40. The molecule has 1 heterocycles. The zero-order valence-corrected chi connectivity index (χ0v) is 10.8. The van der Waals surface area contributed by atoms with Crippen LogP contribution in [-0.4, -0.2) is 27.3 Å². The van der Waals surface area contributed by atoms with E-state index in [-0.39, 0.29) is 11.7 Å². The first-order valence-electron chi connectivity index (χ1n) is 6.22. The first-order chi connectivity index (χ1) is 9.16. The maximum atomic E-state index is 11.8. The highest BCUT2D eigenvalue weighted by atomic mass is 16.3. The molecule has 0 radical (unpaired) electrons. The van der Waals surface area contributed by atoms with E-state index in [0.717, 1.165) is 18.5 Å². The molecule has 100 valence electrons. The van der Waals surface area contributed by atoms with Crippen molar-refractivity contribution in [2.45, 2.75) is 19.9 Å². The monoisotopic (exact) mass is 259 g/mol. The number of aromatic nitrogens is 2. The fourth-order valence-electron chi connectivity index (χ4n) is 1.80. The number of rotatable bonds is 5. The molecule has 0 saturated carbocycles. The van der Waals surface area contributed by atoms with E-state index < -0.39 is 0 Å². The lowest BCUT2D eigenvalue weighted by Gasteiger charge is -2.07. The summed E-state index contributed by atoms with van der Waals surface area (Å²) in [4.78, 5) is 11.8. The van der Waals surface area contributed by atoms with Crippen LogP contribution in [0.3, 0.4) is 0 Å². The molecule has 0 aliphatic carbocycles. The van der Waals surface area contributed by atoms with Crippen LogP contribution in [0.2, 0.25) is 0 Å². The third kappa shape index (κ3) is 3.58. The number of amides is 1. The van der Waals surface area contributed by atoms with E-state index in [1.54, 1.807) is 24.4 Å². The van der Waals surface area contributed by atoms with Gasteiger partial charge < -0.3 is 10.4 Å². The number of phenols is 1. The lowest BCUT2D eigenvalue weighted by Crippen LogP contribution is -2.25. The standard InChI is InChI=1S/C14H17N3O2/c1-11-4-5-12(13(18)10-11)14(19)15-6-2-8-17-9-3-7-16-17/h3-5,7,9-10,18H,2,6,8H2,1H3,(H,15,19). The second kappa shape index (κ2) is 6.04. The molecule has 1 aromatic heterocycles. The Kier molecular flexibility index (Phi) is 4.18. The zero-order valence-electron chi connectivity index (χ0n) is 10.8. The molecule has 0 aliphatic heterocycles. The summed E-state index contributed by atoms with van der Waals surface area (Å²) >= 11 is 0. The molecule has 2 rings (SSSR count). The smallest absolute Gasteiger partial charge is 0.255 e. The number of carbonyl (C=O) groups is 1. The summed E-state index contributed by atoms with van der Waals surface area (Å²) in [6, 6.07) is 6.88. The van der Waals surface area contributed by atoms with Crippen molar-refractivity contribution in [3.8, 4) is 5.75 Å². The molecule has 0 aliphatic rings. The van der Waals surface area contributed by atoms with Gasteiger partial charge in [0.05, 0.1) is 5.56 Å². The third-order valence-corrected chi connectivity index (χ3v) is 2.81. The largest absolute Gasteiger partial charge is 0.507 e. The molecule has 5 nitrogen and oxygen atoms in total. The minimum Gasteiger partial charge on any atom is -0.507 e. The van der Waals surface area contributed by atoms with Crippen molar-refractivity contribution in [2.24, 2.45) is 0 Å². The minimum atomic E-state index is -0.252. The molecule has 0 saturated heterocycles. The molecule has 0 unspecified atom stereocenters. The van der Waals surface area contributed by atoms with Crippen LogP contribution in [0.15, 0.2) is 36.7 Å². The fourth-order valence-corrected chi connectivity index (χ4v) is 1.80. The number of benzene rings is 1. The van der Waals surface area contributed by atoms with Crippen LogP contribution in [0.4, 0.5) is 0 Å². The molecular formula is C14H17N3O2. The van der Waals surface area contributed by atoms with Crippen LogP contribution in [0.25, 0.3) is 0 Å². The predicted octanol–water partition coefficient (Wildman–Crippen LogP) is 1.72.